The van der Waals surface area contributed by atoms with Gasteiger partial charge in [-0.15, -0.1) is 0 Å². The Kier molecular flexibility index (Phi) is 7.53. The molecule has 0 radical (unpaired) electrons. The monoisotopic (exact) mass is 394 g/mol. The van der Waals surface area contributed by atoms with E-state index in [0.717, 1.165) is 0 Å². The Bertz CT molecular complexity index is 909. The topological polar surface area (TPSA) is 132 Å². The number of nitrogens with zero attached hydrogens (tertiary/aromatic N) is 1. The highest BCUT2D eigenvalue weighted by Crippen LogP contribution is 2.33. The van der Waals surface area contributed by atoms with Crippen LogP contribution in [0.4, 0.5) is 0 Å². The predicted octanol–water partition coefficient (Wildman–Crippen LogP) is 0.0275. The molecule has 2 aromatic rings. The van der Waals surface area contributed by atoms with E-state index in [9.17, 15) is 9.59 Å². The number of ether oxygens (including phenoxy) is 2. The summed E-state index contributed by atoms with van der Waals surface area (Å²) in [4.78, 5) is 26.7. The fourth-order valence-electron chi connectivity index (χ4n) is 2.43. The molecule has 1 heterocycles. The van der Waals surface area contributed by atoms with Crippen molar-refractivity contribution in [2.24, 2.45) is 5.73 Å². The van der Waals surface area contributed by atoms with Gasteiger partial charge in [0.1, 0.15) is 24.7 Å². The van der Waals surface area contributed by atoms with Crippen molar-refractivity contribution in [3.05, 3.63) is 39.4 Å². The van der Waals surface area contributed by atoms with Gasteiger partial charge in [-0.1, -0.05) is 0 Å². The lowest BCUT2D eigenvalue weighted by Crippen LogP contribution is -2.33. The molecule has 1 aromatic heterocycles. The molecule has 0 saturated heterocycles. The zero-order valence-electron chi connectivity index (χ0n) is 14.9. The van der Waals surface area contributed by atoms with E-state index in [2.05, 4.69) is 10.3 Å². The zero-order chi connectivity index (χ0) is 19.8. The van der Waals surface area contributed by atoms with Crippen molar-refractivity contribution < 1.29 is 19.4 Å². The lowest BCUT2D eigenvalue weighted by molar-refractivity contribution is -0.121. The minimum atomic E-state index is -0.412. The van der Waals surface area contributed by atoms with Crippen molar-refractivity contribution in [3.8, 4) is 22.8 Å². The van der Waals surface area contributed by atoms with Gasteiger partial charge in [0, 0.05) is 24.7 Å². The number of amides is 1. The van der Waals surface area contributed by atoms with Crippen LogP contribution in [0.2, 0.25) is 0 Å². The van der Waals surface area contributed by atoms with Gasteiger partial charge >= 0.3 is 0 Å². The number of nitrogens with one attached hydrogen (secondary N) is 2. The van der Waals surface area contributed by atoms with Crippen molar-refractivity contribution in [1.29, 1.82) is 0 Å². The average molecular weight is 394 g/mol. The molecule has 1 aromatic carbocycles. The number of carbonyl (C=O) groups excluding carboxylic acids is 1. The van der Waals surface area contributed by atoms with E-state index >= 15 is 0 Å². The first-order chi connectivity index (χ1) is 13.0. The molecule has 10 heteroatoms. The lowest BCUT2D eigenvalue weighted by Gasteiger charge is -2.17. The minimum absolute atomic E-state index is 0.0697. The average Bonchev–Trinajstić information content (AvgIpc) is 2.66. The number of carbonyl (C=O) groups is 1. The molecular formula is C17H22N4O5S. The molecule has 2 rings (SSSR count). The zero-order valence-corrected chi connectivity index (χ0v) is 15.7. The van der Waals surface area contributed by atoms with Crippen molar-refractivity contribution in [1.82, 2.24) is 14.9 Å². The molecule has 0 fully saturated rings. The molecule has 146 valence electrons. The number of aromatic amines is 1. The van der Waals surface area contributed by atoms with E-state index in [1.165, 1.54) is 17.7 Å². The van der Waals surface area contributed by atoms with Crippen LogP contribution in [0.15, 0.2) is 29.1 Å². The second-order valence-electron chi connectivity index (χ2n) is 5.48. The standard InChI is InChI=1S/C17H22N4O5S/c1-25-11-2-3-14(26-7-6-22)12(8-11)13-9-15(23)20-17(27)21(13)10-16(24)19-5-4-18/h2-3,8-9,22H,4-7,10,18H2,1H3,(H,19,24)(H,20,23,27). The van der Waals surface area contributed by atoms with Gasteiger partial charge in [-0.25, -0.2) is 0 Å². The maximum atomic E-state index is 12.2. The number of nitrogens with two attached hydrogens (primary N) is 1. The van der Waals surface area contributed by atoms with Crippen LogP contribution in [0.25, 0.3) is 11.3 Å². The van der Waals surface area contributed by atoms with Crippen molar-refractivity contribution >= 4 is 18.1 Å². The van der Waals surface area contributed by atoms with E-state index < -0.39 is 5.56 Å². The van der Waals surface area contributed by atoms with Crippen LogP contribution >= 0.6 is 12.2 Å². The van der Waals surface area contributed by atoms with E-state index in [1.807, 2.05) is 0 Å². The number of rotatable bonds is 9. The Morgan fingerprint density at radius 1 is 1.41 bits per heavy atom. The van der Waals surface area contributed by atoms with E-state index in [-0.39, 0.29) is 30.4 Å². The first kappa shape index (κ1) is 20.6. The highest BCUT2D eigenvalue weighted by Gasteiger charge is 2.16. The van der Waals surface area contributed by atoms with Crippen LogP contribution in [0.3, 0.4) is 0 Å². The molecule has 9 nitrogen and oxygen atoms in total. The first-order valence-electron chi connectivity index (χ1n) is 8.23. The maximum Gasteiger partial charge on any atom is 0.252 e. The van der Waals surface area contributed by atoms with Gasteiger partial charge in [-0.2, -0.15) is 0 Å². The molecule has 0 aliphatic rings. The minimum Gasteiger partial charge on any atom is -0.497 e. The number of H-pyrrole nitrogens is 1. The predicted molar refractivity (Wildman–Crippen MR) is 103 cm³/mol. The summed E-state index contributed by atoms with van der Waals surface area (Å²) in [6.07, 6.45) is 0. The number of hydrogen-bond donors (Lipinski definition) is 4. The van der Waals surface area contributed by atoms with Gasteiger partial charge in [-0.3, -0.25) is 14.6 Å². The third kappa shape index (κ3) is 5.39. The second-order valence-corrected chi connectivity index (χ2v) is 5.87. The summed E-state index contributed by atoms with van der Waals surface area (Å²) in [6.45, 7) is 0.427. The lowest BCUT2D eigenvalue weighted by atomic mass is 10.1. The number of aromatic nitrogens is 2. The van der Waals surface area contributed by atoms with Gasteiger partial charge in [0.25, 0.3) is 5.56 Å². The van der Waals surface area contributed by atoms with Gasteiger partial charge in [0.2, 0.25) is 5.91 Å². The highest BCUT2D eigenvalue weighted by atomic mass is 32.1. The second kappa shape index (κ2) is 9.86. The van der Waals surface area contributed by atoms with Crippen molar-refractivity contribution in [2.45, 2.75) is 6.54 Å². The third-order valence-electron chi connectivity index (χ3n) is 3.61. The van der Waals surface area contributed by atoms with Crippen LogP contribution in [-0.4, -0.2) is 54.0 Å². The normalized spacial score (nSPS) is 10.5. The summed E-state index contributed by atoms with van der Waals surface area (Å²) in [6, 6.07) is 6.35. The largest absolute Gasteiger partial charge is 0.497 e. The molecule has 5 N–H and O–H groups in total. The summed E-state index contributed by atoms with van der Waals surface area (Å²) in [5.74, 6) is 0.651. The maximum absolute atomic E-state index is 12.2. The quantitative estimate of drug-likeness (QED) is 0.441. The van der Waals surface area contributed by atoms with E-state index in [1.54, 1.807) is 18.2 Å². The van der Waals surface area contributed by atoms with Crippen molar-refractivity contribution in [3.63, 3.8) is 0 Å². The van der Waals surface area contributed by atoms with Gasteiger partial charge in [0.05, 0.1) is 19.4 Å². The molecule has 1 amide bonds. The molecule has 0 aliphatic heterocycles. The fraction of sp³-hybridized carbons (Fsp3) is 0.353. The van der Waals surface area contributed by atoms with Crippen LogP contribution < -0.4 is 26.1 Å². The molecule has 0 aliphatic carbocycles. The van der Waals surface area contributed by atoms with Crippen LogP contribution in [0.5, 0.6) is 11.5 Å². The Morgan fingerprint density at radius 2 is 2.19 bits per heavy atom. The summed E-state index contributed by atoms with van der Waals surface area (Å²) >= 11 is 5.24. The van der Waals surface area contributed by atoms with Gasteiger partial charge < -0.3 is 30.2 Å². The Hall–Kier alpha value is -2.69. The molecule has 0 unspecified atom stereocenters. The van der Waals surface area contributed by atoms with Gasteiger partial charge in [0.15, 0.2) is 4.77 Å². The number of hydrogen-bond acceptors (Lipinski definition) is 7. The molecule has 0 spiro atoms. The molecule has 27 heavy (non-hydrogen) atoms. The summed E-state index contributed by atoms with van der Waals surface area (Å²) in [5, 5.41) is 11.7. The van der Waals surface area contributed by atoms with E-state index in [0.29, 0.717) is 35.8 Å². The summed E-state index contributed by atoms with van der Waals surface area (Å²) < 4.78 is 12.4. The molecule has 0 bridgehead atoms. The molecule has 0 atom stereocenters. The van der Waals surface area contributed by atoms with Crippen LogP contribution in [0.1, 0.15) is 0 Å². The van der Waals surface area contributed by atoms with Gasteiger partial charge in [-0.05, 0) is 30.4 Å². The fourth-order valence-corrected chi connectivity index (χ4v) is 2.69. The first-order valence-corrected chi connectivity index (χ1v) is 8.64. The Morgan fingerprint density at radius 3 is 2.85 bits per heavy atom. The highest BCUT2D eigenvalue weighted by molar-refractivity contribution is 7.71. The molecular weight excluding hydrogens is 372 g/mol. The Balaban J connectivity index is 2.58. The third-order valence-corrected chi connectivity index (χ3v) is 3.94. The van der Waals surface area contributed by atoms with Crippen LogP contribution in [-0.2, 0) is 11.3 Å². The SMILES string of the molecule is COc1ccc(OCCO)c(-c2cc(=O)[nH]c(=S)n2CC(=O)NCCN)c1. The number of aliphatic hydroxyl groups is 1. The number of aliphatic hydroxyl groups excluding tert-OH is 1. The Labute approximate surface area is 160 Å². The summed E-state index contributed by atoms with van der Waals surface area (Å²) in [5.41, 5.74) is 5.88. The molecule has 0 saturated carbocycles. The summed E-state index contributed by atoms with van der Waals surface area (Å²) in [7, 11) is 1.51. The van der Waals surface area contributed by atoms with Crippen LogP contribution in [0, 0.1) is 4.77 Å². The number of methoxy groups -OCH3 is 1. The van der Waals surface area contributed by atoms with Crippen molar-refractivity contribution in [2.75, 3.05) is 33.4 Å². The smallest absolute Gasteiger partial charge is 0.252 e. The number of benzene rings is 1. The van der Waals surface area contributed by atoms with E-state index in [4.69, 9.17) is 32.5 Å².